The van der Waals surface area contributed by atoms with Gasteiger partial charge in [-0.25, -0.2) is 9.59 Å². The van der Waals surface area contributed by atoms with Gasteiger partial charge >= 0.3 is 11.9 Å². The van der Waals surface area contributed by atoms with Crippen LogP contribution in [-0.4, -0.2) is 22.2 Å². The number of aromatic carboxylic acids is 2. The molecule has 0 aliphatic rings. The molecule has 0 atom stereocenters. The van der Waals surface area contributed by atoms with E-state index in [2.05, 4.69) is 47.8 Å². The summed E-state index contributed by atoms with van der Waals surface area (Å²) in [4.78, 5) is 21.9. The number of hydrogen-bond donors (Lipinski definition) is 2. The van der Waals surface area contributed by atoms with Crippen LogP contribution in [0.15, 0.2) is 13.4 Å². The summed E-state index contributed by atoms with van der Waals surface area (Å²) in [5.41, 5.74) is -0.340. The number of rotatable bonds is 2. The van der Waals surface area contributed by atoms with E-state index >= 15 is 0 Å². The van der Waals surface area contributed by atoms with E-state index in [1.54, 1.807) is 0 Å². The van der Waals surface area contributed by atoms with Crippen molar-refractivity contribution in [3.63, 3.8) is 0 Å². The van der Waals surface area contributed by atoms with E-state index in [1.807, 2.05) is 0 Å². The minimum Gasteiger partial charge on any atom is -0.478 e. The number of hydrogen-bond acceptors (Lipinski definition) is 2. The molecule has 0 saturated heterocycles. The minimum absolute atomic E-state index is 0.0224. The fourth-order valence-corrected chi connectivity index (χ4v) is 3.36. The number of carboxylic acid groups (broad SMARTS) is 2. The van der Waals surface area contributed by atoms with Crippen LogP contribution in [0.2, 0.25) is 5.02 Å². The molecule has 0 aromatic heterocycles. The Morgan fingerprint density at radius 2 is 1.25 bits per heavy atom. The van der Waals surface area contributed by atoms with Gasteiger partial charge in [-0.15, -0.1) is 0 Å². The van der Waals surface area contributed by atoms with Crippen molar-refractivity contribution in [1.29, 1.82) is 0 Å². The van der Waals surface area contributed by atoms with E-state index in [1.165, 1.54) is 0 Å². The van der Waals surface area contributed by atoms with Gasteiger partial charge < -0.3 is 10.2 Å². The molecule has 0 heterocycles. The topological polar surface area (TPSA) is 74.6 Å². The molecule has 0 unspecified atom stereocenters. The fourth-order valence-electron chi connectivity index (χ4n) is 1.01. The van der Waals surface area contributed by atoms with E-state index in [9.17, 15) is 9.59 Å². The van der Waals surface area contributed by atoms with Crippen LogP contribution in [0.25, 0.3) is 0 Å². The van der Waals surface area contributed by atoms with Crippen LogP contribution in [0.4, 0.5) is 0 Å². The Kier molecular flexibility index (Phi) is 4.39. The maximum absolute atomic E-state index is 10.9. The smallest absolute Gasteiger partial charge is 0.338 e. The standard InChI is InChI=1S/C8H2Br3ClO4/c9-3-1(7(13)14)5(11)6(12)2(4(3)10)8(15)16/h(H,13,14)(H,15,16). The van der Waals surface area contributed by atoms with Crippen molar-refractivity contribution in [3.05, 3.63) is 29.6 Å². The predicted molar refractivity (Wildman–Crippen MR) is 68.5 cm³/mol. The molecule has 0 bridgehead atoms. The molecule has 8 heteroatoms. The molecule has 86 valence electrons. The van der Waals surface area contributed by atoms with Gasteiger partial charge in [-0.1, -0.05) is 11.6 Å². The summed E-state index contributed by atoms with van der Waals surface area (Å²) in [7, 11) is 0. The molecular formula is C8H2Br3ClO4. The summed E-state index contributed by atoms with van der Waals surface area (Å²) < 4.78 is 0.230. The molecule has 2 N–H and O–H groups in total. The molecular weight excluding hydrogens is 435 g/mol. The van der Waals surface area contributed by atoms with E-state index < -0.39 is 11.9 Å². The molecule has 0 radical (unpaired) electrons. The second kappa shape index (κ2) is 5.03. The Hall–Kier alpha value is -0.110. The molecule has 1 rings (SSSR count). The first-order chi connectivity index (χ1) is 7.29. The van der Waals surface area contributed by atoms with Crippen LogP contribution in [0, 0.1) is 0 Å². The highest BCUT2D eigenvalue weighted by Gasteiger charge is 2.26. The van der Waals surface area contributed by atoms with Crippen LogP contribution in [0.3, 0.4) is 0 Å². The predicted octanol–water partition coefficient (Wildman–Crippen LogP) is 4.02. The van der Waals surface area contributed by atoms with Gasteiger partial charge in [-0.05, 0) is 47.8 Å². The average molecular weight is 437 g/mol. The third-order valence-corrected chi connectivity index (χ3v) is 5.21. The summed E-state index contributed by atoms with van der Waals surface area (Å²) >= 11 is 14.7. The van der Waals surface area contributed by atoms with Crippen molar-refractivity contribution in [2.24, 2.45) is 0 Å². The lowest BCUT2D eigenvalue weighted by molar-refractivity contribution is 0.0678. The first kappa shape index (κ1) is 14.0. The first-order valence-electron chi connectivity index (χ1n) is 3.61. The Morgan fingerprint density at radius 3 is 1.62 bits per heavy atom. The van der Waals surface area contributed by atoms with Crippen LogP contribution in [0.1, 0.15) is 20.7 Å². The zero-order valence-electron chi connectivity index (χ0n) is 7.22. The number of carboxylic acids is 2. The summed E-state index contributed by atoms with van der Waals surface area (Å²) in [5, 5.41) is 17.7. The molecule has 0 saturated carbocycles. The van der Waals surface area contributed by atoms with Crippen LogP contribution >= 0.6 is 59.4 Å². The SMILES string of the molecule is O=C(O)c1c(Cl)c(Br)c(C(=O)O)c(Br)c1Br. The lowest BCUT2D eigenvalue weighted by Crippen LogP contribution is -2.07. The van der Waals surface area contributed by atoms with Crippen LogP contribution < -0.4 is 0 Å². The van der Waals surface area contributed by atoms with Crippen molar-refractivity contribution < 1.29 is 19.8 Å². The average Bonchev–Trinajstić information content (AvgIpc) is 2.14. The van der Waals surface area contributed by atoms with Crippen molar-refractivity contribution >= 4 is 71.3 Å². The maximum atomic E-state index is 10.9. The van der Waals surface area contributed by atoms with Crippen LogP contribution in [-0.2, 0) is 0 Å². The highest BCUT2D eigenvalue weighted by Crippen LogP contribution is 2.41. The largest absolute Gasteiger partial charge is 0.478 e. The Morgan fingerprint density at radius 1 is 0.875 bits per heavy atom. The van der Waals surface area contributed by atoms with Crippen molar-refractivity contribution in [2.45, 2.75) is 0 Å². The molecule has 0 fully saturated rings. The number of halogens is 4. The quantitative estimate of drug-likeness (QED) is 0.686. The van der Waals surface area contributed by atoms with Gasteiger partial charge in [0, 0.05) is 8.95 Å². The minimum atomic E-state index is -1.25. The third kappa shape index (κ3) is 2.27. The zero-order chi connectivity index (χ0) is 12.6. The monoisotopic (exact) mass is 434 g/mol. The Balaban J connectivity index is 3.77. The van der Waals surface area contributed by atoms with E-state index in [4.69, 9.17) is 21.8 Å². The molecule has 0 amide bonds. The summed E-state index contributed by atoms with van der Waals surface area (Å²) in [6.45, 7) is 0. The molecule has 0 spiro atoms. The second-order valence-electron chi connectivity index (χ2n) is 2.62. The van der Waals surface area contributed by atoms with Gasteiger partial charge in [0.15, 0.2) is 0 Å². The molecule has 0 aliphatic carbocycles. The lowest BCUT2D eigenvalue weighted by Gasteiger charge is -2.10. The van der Waals surface area contributed by atoms with Crippen LogP contribution in [0.5, 0.6) is 0 Å². The van der Waals surface area contributed by atoms with Crippen molar-refractivity contribution in [1.82, 2.24) is 0 Å². The van der Waals surface area contributed by atoms with Gasteiger partial charge in [0.25, 0.3) is 0 Å². The van der Waals surface area contributed by atoms with E-state index in [0.717, 1.165) is 0 Å². The van der Waals surface area contributed by atoms with Gasteiger partial charge in [0.2, 0.25) is 0 Å². The molecule has 0 aliphatic heterocycles. The summed E-state index contributed by atoms with van der Waals surface area (Å²) in [6, 6.07) is 0. The molecule has 1 aromatic carbocycles. The van der Waals surface area contributed by atoms with E-state index in [-0.39, 0.29) is 29.6 Å². The Labute approximate surface area is 120 Å². The van der Waals surface area contributed by atoms with Crippen molar-refractivity contribution in [3.8, 4) is 0 Å². The highest BCUT2D eigenvalue weighted by atomic mass is 79.9. The third-order valence-electron chi connectivity index (χ3n) is 1.69. The second-order valence-corrected chi connectivity index (χ2v) is 5.37. The van der Waals surface area contributed by atoms with E-state index in [0.29, 0.717) is 0 Å². The summed E-state index contributed by atoms with van der Waals surface area (Å²) in [5.74, 6) is -2.48. The lowest BCUT2D eigenvalue weighted by atomic mass is 10.1. The van der Waals surface area contributed by atoms with Gasteiger partial charge in [-0.2, -0.15) is 0 Å². The molecule has 4 nitrogen and oxygen atoms in total. The normalized spacial score (nSPS) is 10.2. The maximum Gasteiger partial charge on any atom is 0.338 e. The van der Waals surface area contributed by atoms with Gasteiger partial charge in [0.05, 0.1) is 20.6 Å². The fraction of sp³-hybridized carbons (Fsp3) is 0. The first-order valence-corrected chi connectivity index (χ1v) is 6.37. The van der Waals surface area contributed by atoms with Gasteiger partial charge in [0.1, 0.15) is 0 Å². The molecule has 16 heavy (non-hydrogen) atoms. The Bertz CT molecular complexity index is 427. The number of carbonyl (C=O) groups is 2. The highest BCUT2D eigenvalue weighted by molar-refractivity contribution is 9.13. The number of benzene rings is 1. The summed E-state index contributed by atoms with van der Waals surface area (Å²) in [6.07, 6.45) is 0. The molecule has 1 aromatic rings. The zero-order valence-corrected chi connectivity index (χ0v) is 12.7. The van der Waals surface area contributed by atoms with Gasteiger partial charge in [-0.3, -0.25) is 0 Å². The van der Waals surface area contributed by atoms with Crippen molar-refractivity contribution in [2.75, 3.05) is 0 Å².